The Labute approximate surface area is 87.0 Å². The van der Waals surface area contributed by atoms with E-state index in [4.69, 9.17) is 5.11 Å². The van der Waals surface area contributed by atoms with E-state index in [9.17, 15) is 14.4 Å². The van der Waals surface area contributed by atoms with Crippen LogP contribution in [0.5, 0.6) is 0 Å². The fourth-order valence-corrected chi connectivity index (χ4v) is 1.51. The molecule has 0 aromatic carbocycles. The Morgan fingerprint density at radius 2 is 2.00 bits per heavy atom. The molecule has 1 rings (SSSR count). The summed E-state index contributed by atoms with van der Waals surface area (Å²) in [4.78, 5) is 33.1. The molecule has 2 atom stereocenters. The van der Waals surface area contributed by atoms with Crippen molar-refractivity contribution in [1.82, 2.24) is 10.6 Å². The van der Waals surface area contributed by atoms with Crippen LogP contribution in [0.2, 0.25) is 0 Å². The summed E-state index contributed by atoms with van der Waals surface area (Å²) in [7, 11) is 0. The average Bonchev–Trinajstić information content (AvgIpc) is 2.44. The molecular formula is C9H14N2O4. The SMILES string of the molecule is CC(C(=O)O)C(C)(C)C1NC(=O)NC1=O. The van der Waals surface area contributed by atoms with Crippen LogP contribution < -0.4 is 10.6 Å². The number of carbonyl (C=O) groups is 3. The maximum atomic E-state index is 11.4. The van der Waals surface area contributed by atoms with Crippen LogP contribution in [0.25, 0.3) is 0 Å². The molecule has 6 heteroatoms. The number of urea groups is 1. The van der Waals surface area contributed by atoms with Gasteiger partial charge in [-0.15, -0.1) is 0 Å². The zero-order valence-corrected chi connectivity index (χ0v) is 8.83. The molecular weight excluding hydrogens is 200 g/mol. The summed E-state index contributed by atoms with van der Waals surface area (Å²) in [6.07, 6.45) is 0. The summed E-state index contributed by atoms with van der Waals surface area (Å²) in [5.74, 6) is -2.20. The van der Waals surface area contributed by atoms with Crippen molar-refractivity contribution in [2.75, 3.05) is 0 Å². The third kappa shape index (κ3) is 1.93. The van der Waals surface area contributed by atoms with Crippen molar-refractivity contribution < 1.29 is 19.5 Å². The first kappa shape index (κ1) is 11.5. The Balaban J connectivity index is 2.90. The molecule has 0 aromatic rings. The number of amides is 3. The summed E-state index contributed by atoms with van der Waals surface area (Å²) in [5.41, 5.74) is -0.831. The minimum atomic E-state index is -0.992. The summed E-state index contributed by atoms with van der Waals surface area (Å²) in [6.45, 7) is 4.79. The number of nitrogens with one attached hydrogen (secondary N) is 2. The Morgan fingerprint density at radius 3 is 2.33 bits per heavy atom. The topological polar surface area (TPSA) is 95.5 Å². The number of carboxylic acid groups (broad SMARTS) is 1. The second kappa shape index (κ2) is 3.52. The van der Waals surface area contributed by atoms with Crippen molar-refractivity contribution in [1.29, 1.82) is 0 Å². The van der Waals surface area contributed by atoms with Gasteiger partial charge in [-0.2, -0.15) is 0 Å². The Kier molecular flexibility index (Phi) is 2.70. The lowest BCUT2D eigenvalue weighted by Gasteiger charge is -2.32. The fraction of sp³-hybridized carbons (Fsp3) is 0.667. The van der Waals surface area contributed by atoms with Gasteiger partial charge in [0.15, 0.2) is 0 Å². The highest BCUT2D eigenvalue weighted by atomic mass is 16.4. The van der Waals surface area contributed by atoms with Gasteiger partial charge in [-0.1, -0.05) is 20.8 Å². The van der Waals surface area contributed by atoms with E-state index >= 15 is 0 Å². The third-order valence-electron chi connectivity index (χ3n) is 3.00. The van der Waals surface area contributed by atoms with Crippen molar-refractivity contribution in [3.63, 3.8) is 0 Å². The van der Waals surface area contributed by atoms with Gasteiger partial charge in [0.1, 0.15) is 6.04 Å². The molecule has 0 aliphatic carbocycles. The molecule has 0 radical (unpaired) electrons. The quantitative estimate of drug-likeness (QED) is 0.573. The summed E-state index contributed by atoms with van der Waals surface area (Å²) >= 11 is 0. The zero-order valence-electron chi connectivity index (χ0n) is 8.83. The molecule has 3 amide bonds. The van der Waals surface area contributed by atoms with Crippen molar-refractivity contribution in [2.24, 2.45) is 11.3 Å². The van der Waals surface area contributed by atoms with Gasteiger partial charge in [-0.05, 0) is 0 Å². The minimum Gasteiger partial charge on any atom is -0.481 e. The number of hydrogen-bond acceptors (Lipinski definition) is 3. The molecule has 15 heavy (non-hydrogen) atoms. The number of aliphatic carboxylic acids is 1. The van der Waals surface area contributed by atoms with Crippen molar-refractivity contribution >= 4 is 17.9 Å². The van der Waals surface area contributed by atoms with Gasteiger partial charge in [0, 0.05) is 5.41 Å². The number of carboxylic acids is 1. The number of rotatable bonds is 3. The molecule has 1 aliphatic rings. The Bertz CT molecular complexity index is 324. The molecule has 1 aliphatic heterocycles. The summed E-state index contributed by atoms with van der Waals surface area (Å²) < 4.78 is 0. The number of carbonyl (C=O) groups excluding carboxylic acids is 2. The van der Waals surface area contributed by atoms with Crippen LogP contribution >= 0.6 is 0 Å². The van der Waals surface area contributed by atoms with Crippen LogP contribution in [0.1, 0.15) is 20.8 Å². The van der Waals surface area contributed by atoms with Gasteiger partial charge in [0.05, 0.1) is 5.92 Å². The van der Waals surface area contributed by atoms with Gasteiger partial charge in [0.2, 0.25) is 0 Å². The van der Waals surface area contributed by atoms with E-state index in [-0.39, 0.29) is 0 Å². The van der Waals surface area contributed by atoms with Crippen LogP contribution in [-0.4, -0.2) is 29.1 Å². The fourth-order valence-electron chi connectivity index (χ4n) is 1.51. The van der Waals surface area contributed by atoms with Gasteiger partial charge in [0.25, 0.3) is 5.91 Å². The molecule has 1 heterocycles. The smallest absolute Gasteiger partial charge is 0.322 e. The molecule has 1 fully saturated rings. The van der Waals surface area contributed by atoms with E-state index in [1.807, 2.05) is 0 Å². The van der Waals surface area contributed by atoms with Gasteiger partial charge in [-0.25, -0.2) is 4.79 Å². The third-order valence-corrected chi connectivity index (χ3v) is 3.00. The second-order valence-electron chi connectivity index (χ2n) is 4.28. The van der Waals surface area contributed by atoms with Crippen LogP contribution in [0.4, 0.5) is 4.79 Å². The molecule has 6 nitrogen and oxygen atoms in total. The van der Waals surface area contributed by atoms with E-state index in [0.717, 1.165) is 0 Å². The molecule has 2 unspecified atom stereocenters. The van der Waals surface area contributed by atoms with E-state index in [1.165, 1.54) is 6.92 Å². The first-order valence-electron chi connectivity index (χ1n) is 4.61. The average molecular weight is 214 g/mol. The van der Waals surface area contributed by atoms with Gasteiger partial charge in [-0.3, -0.25) is 14.9 Å². The van der Waals surface area contributed by atoms with Crippen LogP contribution in [-0.2, 0) is 9.59 Å². The van der Waals surface area contributed by atoms with Crippen molar-refractivity contribution in [3.05, 3.63) is 0 Å². The molecule has 0 aromatic heterocycles. The lowest BCUT2D eigenvalue weighted by Crippen LogP contribution is -2.48. The van der Waals surface area contributed by atoms with Gasteiger partial charge >= 0.3 is 12.0 Å². The highest BCUT2D eigenvalue weighted by Crippen LogP contribution is 2.32. The van der Waals surface area contributed by atoms with Crippen LogP contribution in [0.15, 0.2) is 0 Å². The second-order valence-corrected chi connectivity index (χ2v) is 4.28. The molecule has 1 saturated heterocycles. The Hall–Kier alpha value is -1.59. The maximum absolute atomic E-state index is 11.4. The predicted molar refractivity (Wildman–Crippen MR) is 51.0 cm³/mol. The number of hydrogen-bond donors (Lipinski definition) is 3. The highest BCUT2D eigenvalue weighted by molar-refractivity contribution is 6.04. The summed E-state index contributed by atoms with van der Waals surface area (Å²) in [6, 6.07) is -1.37. The largest absolute Gasteiger partial charge is 0.481 e. The molecule has 84 valence electrons. The van der Waals surface area contributed by atoms with Crippen molar-refractivity contribution in [3.8, 4) is 0 Å². The number of imide groups is 1. The molecule has 3 N–H and O–H groups in total. The minimum absolute atomic E-state index is 0.474. The summed E-state index contributed by atoms with van der Waals surface area (Å²) in [5, 5.41) is 13.4. The highest BCUT2D eigenvalue weighted by Gasteiger charge is 2.46. The van der Waals surface area contributed by atoms with Crippen LogP contribution in [0.3, 0.4) is 0 Å². The normalized spacial score (nSPS) is 23.3. The van der Waals surface area contributed by atoms with E-state index in [2.05, 4.69) is 10.6 Å². The Morgan fingerprint density at radius 1 is 1.47 bits per heavy atom. The van der Waals surface area contributed by atoms with E-state index < -0.39 is 35.3 Å². The van der Waals surface area contributed by atoms with E-state index in [1.54, 1.807) is 13.8 Å². The lowest BCUT2D eigenvalue weighted by molar-refractivity contribution is -0.146. The standard InChI is InChI=1S/C9H14N2O4/c1-4(7(13)14)9(2,3)5-6(12)11-8(15)10-5/h4-5H,1-3H3,(H,13,14)(H2,10,11,12,15). The zero-order chi connectivity index (χ0) is 11.8. The first-order chi connectivity index (χ1) is 6.76. The monoisotopic (exact) mass is 214 g/mol. The first-order valence-corrected chi connectivity index (χ1v) is 4.61. The lowest BCUT2D eigenvalue weighted by atomic mass is 9.74. The predicted octanol–water partition coefficient (Wildman–Crippen LogP) is -0.0587. The molecule has 0 spiro atoms. The maximum Gasteiger partial charge on any atom is 0.322 e. The molecule has 0 saturated carbocycles. The van der Waals surface area contributed by atoms with Crippen LogP contribution in [0, 0.1) is 11.3 Å². The van der Waals surface area contributed by atoms with E-state index in [0.29, 0.717) is 0 Å². The molecule has 0 bridgehead atoms. The van der Waals surface area contributed by atoms with Gasteiger partial charge < -0.3 is 10.4 Å². The van der Waals surface area contributed by atoms with Crippen molar-refractivity contribution in [2.45, 2.75) is 26.8 Å².